The van der Waals surface area contributed by atoms with Crippen molar-refractivity contribution < 1.29 is 4.79 Å². The predicted octanol–water partition coefficient (Wildman–Crippen LogP) is 2.56. The normalized spacial score (nSPS) is 26.3. The molecule has 4 rings (SSSR count). The molecule has 2 aromatic rings. The summed E-state index contributed by atoms with van der Waals surface area (Å²) in [4.78, 5) is 15.8. The Morgan fingerprint density at radius 3 is 3.09 bits per heavy atom. The van der Waals surface area contributed by atoms with E-state index in [1.165, 1.54) is 22.0 Å². The fourth-order valence-corrected chi connectivity index (χ4v) is 4.19. The van der Waals surface area contributed by atoms with Crippen LogP contribution in [0.15, 0.2) is 24.4 Å². The topological polar surface area (TPSA) is 56.9 Å². The number of piperidine rings is 1. The zero-order chi connectivity index (χ0) is 16.0. The van der Waals surface area contributed by atoms with Gasteiger partial charge in [-0.05, 0) is 36.0 Å². The van der Waals surface area contributed by atoms with Crippen LogP contribution in [0, 0.1) is 11.8 Å². The van der Waals surface area contributed by atoms with Crippen molar-refractivity contribution in [3.05, 3.63) is 35.5 Å². The molecule has 1 aromatic carbocycles. The van der Waals surface area contributed by atoms with Crippen molar-refractivity contribution >= 4 is 16.8 Å². The first-order valence-electron chi connectivity index (χ1n) is 8.73. The summed E-state index contributed by atoms with van der Waals surface area (Å²) in [5.41, 5.74) is 4.04. The Bertz CT molecular complexity index is 733. The van der Waals surface area contributed by atoms with Crippen LogP contribution >= 0.6 is 0 Å². The van der Waals surface area contributed by atoms with Gasteiger partial charge < -0.3 is 15.6 Å². The molecule has 4 nitrogen and oxygen atoms in total. The summed E-state index contributed by atoms with van der Waals surface area (Å²) in [5.74, 6) is 1.21. The molecule has 0 spiro atoms. The van der Waals surface area contributed by atoms with Crippen LogP contribution in [0.25, 0.3) is 10.9 Å². The average Bonchev–Trinajstić information content (AvgIpc) is 2.97. The van der Waals surface area contributed by atoms with E-state index in [9.17, 15) is 4.79 Å². The summed E-state index contributed by atoms with van der Waals surface area (Å²) in [5, 5.41) is 8.13. The number of rotatable bonds is 3. The third kappa shape index (κ3) is 2.55. The lowest BCUT2D eigenvalue weighted by Gasteiger charge is -2.39. The number of fused-ring (bicyclic) bond motifs is 2. The molecule has 3 atom stereocenters. The lowest BCUT2D eigenvalue weighted by atomic mass is 9.73. The first-order chi connectivity index (χ1) is 11.1. The van der Waals surface area contributed by atoms with Crippen LogP contribution in [0.4, 0.5) is 0 Å². The third-order valence-corrected chi connectivity index (χ3v) is 5.36. The Labute approximate surface area is 137 Å². The monoisotopic (exact) mass is 311 g/mol. The number of nitrogens with one attached hydrogen (secondary N) is 3. The van der Waals surface area contributed by atoms with Gasteiger partial charge in [0.25, 0.3) is 0 Å². The molecule has 1 fully saturated rings. The fourth-order valence-electron chi connectivity index (χ4n) is 4.19. The van der Waals surface area contributed by atoms with Gasteiger partial charge in [-0.2, -0.15) is 0 Å². The molecule has 1 aliphatic heterocycles. The summed E-state index contributed by atoms with van der Waals surface area (Å²) in [7, 11) is 0. The van der Waals surface area contributed by atoms with Crippen molar-refractivity contribution in [3.63, 3.8) is 0 Å². The molecule has 0 saturated carbocycles. The lowest BCUT2D eigenvalue weighted by Crippen LogP contribution is -2.50. The first kappa shape index (κ1) is 14.8. The Kier molecular flexibility index (Phi) is 3.64. The molecule has 1 amide bonds. The van der Waals surface area contributed by atoms with Gasteiger partial charge in [0.05, 0.1) is 5.92 Å². The highest BCUT2D eigenvalue weighted by Gasteiger charge is 2.38. The molecule has 1 aliphatic carbocycles. The summed E-state index contributed by atoms with van der Waals surface area (Å²) in [6.45, 7) is 5.82. The van der Waals surface area contributed by atoms with Crippen LogP contribution < -0.4 is 10.6 Å². The summed E-state index contributed by atoms with van der Waals surface area (Å²) < 4.78 is 0. The number of hydrogen-bond donors (Lipinski definition) is 3. The second-order valence-corrected chi connectivity index (χ2v) is 7.48. The minimum Gasteiger partial charge on any atom is -0.361 e. The predicted molar refractivity (Wildman–Crippen MR) is 92.5 cm³/mol. The van der Waals surface area contributed by atoms with Gasteiger partial charge in [0.1, 0.15) is 0 Å². The SMILES string of the molecule is CC(C)CNC(=O)C1CN[C@@H]2Cc3c[nH]c4cccc(c34)C2C1. The number of aromatic amines is 1. The van der Waals surface area contributed by atoms with Crippen LogP contribution in [0.2, 0.25) is 0 Å². The van der Waals surface area contributed by atoms with E-state index < -0.39 is 0 Å². The number of carbonyl (C=O) groups is 1. The molecule has 23 heavy (non-hydrogen) atoms. The van der Waals surface area contributed by atoms with Crippen molar-refractivity contribution in [2.45, 2.75) is 38.6 Å². The molecule has 1 saturated heterocycles. The smallest absolute Gasteiger partial charge is 0.224 e. The maximum absolute atomic E-state index is 12.5. The fraction of sp³-hybridized carbons (Fsp3) is 0.526. The summed E-state index contributed by atoms with van der Waals surface area (Å²) in [6.07, 6.45) is 4.15. The second kappa shape index (κ2) is 5.68. The highest BCUT2D eigenvalue weighted by atomic mass is 16.1. The van der Waals surface area contributed by atoms with Gasteiger partial charge in [-0.25, -0.2) is 0 Å². The first-order valence-corrected chi connectivity index (χ1v) is 8.73. The molecular formula is C19H25N3O. The Balaban J connectivity index is 1.58. The van der Waals surface area contributed by atoms with Crippen molar-refractivity contribution in [1.29, 1.82) is 0 Å². The number of H-pyrrole nitrogens is 1. The van der Waals surface area contributed by atoms with E-state index in [0.29, 0.717) is 17.9 Å². The van der Waals surface area contributed by atoms with Crippen molar-refractivity contribution in [1.82, 2.24) is 15.6 Å². The van der Waals surface area contributed by atoms with Gasteiger partial charge in [0.2, 0.25) is 5.91 Å². The van der Waals surface area contributed by atoms with Gasteiger partial charge in [-0.15, -0.1) is 0 Å². The Morgan fingerprint density at radius 1 is 1.39 bits per heavy atom. The zero-order valence-corrected chi connectivity index (χ0v) is 13.9. The Hall–Kier alpha value is -1.81. The molecule has 2 heterocycles. The molecule has 2 aliphatic rings. The van der Waals surface area contributed by atoms with Gasteiger partial charge in [-0.1, -0.05) is 26.0 Å². The standard InChI is InChI=1S/C19H25N3O/c1-11(2)8-22-19(23)13-6-15-14-4-3-5-16-18(14)12(9-20-16)7-17(15)21-10-13/h3-5,9,11,13,15,17,20-21H,6-8,10H2,1-2H3,(H,22,23)/t13?,15?,17-/m1/s1. The molecule has 122 valence electrons. The van der Waals surface area contributed by atoms with Crippen LogP contribution in [-0.4, -0.2) is 30.0 Å². The highest BCUT2D eigenvalue weighted by Crippen LogP contribution is 2.41. The number of benzene rings is 1. The molecule has 3 N–H and O–H groups in total. The number of hydrogen-bond acceptors (Lipinski definition) is 2. The van der Waals surface area contributed by atoms with Crippen molar-refractivity contribution in [3.8, 4) is 0 Å². The van der Waals surface area contributed by atoms with Gasteiger partial charge >= 0.3 is 0 Å². The number of amides is 1. The third-order valence-electron chi connectivity index (χ3n) is 5.36. The molecule has 0 radical (unpaired) electrons. The summed E-state index contributed by atoms with van der Waals surface area (Å²) >= 11 is 0. The average molecular weight is 311 g/mol. The molecular weight excluding hydrogens is 286 g/mol. The van der Waals surface area contributed by atoms with E-state index in [1.54, 1.807) is 0 Å². The number of carbonyl (C=O) groups excluding carboxylic acids is 1. The molecule has 1 aromatic heterocycles. The van der Waals surface area contributed by atoms with E-state index in [2.05, 4.69) is 53.9 Å². The van der Waals surface area contributed by atoms with Crippen LogP contribution in [0.3, 0.4) is 0 Å². The maximum atomic E-state index is 12.5. The van der Waals surface area contributed by atoms with Crippen LogP contribution in [0.5, 0.6) is 0 Å². The summed E-state index contributed by atoms with van der Waals surface area (Å²) in [6, 6.07) is 6.97. The Morgan fingerprint density at radius 2 is 2.26 bits per heavy atom. The minimum atomic E-state index is 0.0748. The second-order valence-electron chi connectivity index (χ2n) is 7.48. The van der Waals surface area contributed by atoms with E-state index in [-0.39, 0.29) is 11.8 Å². The zero-order valence-electron chi connectivity index (χ0n) is 13.9. The highest BCUT2D eigenvalue weighted by molar-refractivity contribution is 5.88. The van der Waals surface area contributed by atoms with E-state index in [4.69, 9.17) is 0 Å². The molecule has 0 bridgehead atoms. The lowest BCUT2D eigenvalue weighted by molar-refractivity contribution is -0.126. The quantitative estimate of drug-likeness (QED) is 0.816. The number of aromatic nitrogens is 1. The van der Waals surface area contributed by atoms with E-state index in [1.807, 2.05) is 0 Å². The molecule has 4 heteroatoms. The molecule has 2 unspecified atom stereocenters. The largest absolute Gasteiger partial charge is 0.361 e. The van der Waals surface area contributed by atoms with Crippen LogP contribution in [0.1, 0.15) is 37.3 Å². The van der Waals surface area contributed by atoms with Gasteiger partial charge in [0, 0.05) is 42.1 Å². The van der Waals surface area contributed by atoms with Crippen molar-refractivity contribution in [2.75, 3.05) is 13.1 Å². The van der Waals surface area contributed by atoms with Crippen LogP contribution in [-0.2, 0) is 11.2 Å². The van der Waals surface area contributed by atoms with Gasteiger partial charge in [0.15, 0.2) is 0 Å². The van der Waals surface area contributed by atoms with E-state index >= 15 is 0 Å². The van der Waals surface area contributed by atoms with Gasteiger partial charge in [-0.3, -0.25) is 4.79 Å². The van der Waals surface area contributed by atoms with E-state index in [0.717, 1.165) is 25.9 Å². The van der Waals surface area contributed by atoms with Crippen molar-refractivity contribution in [2.24, 2.45) is 11.8 Å². The minimum absolute atomic E-state index is 0.0748. The maximum Gasteiger partial charge on any atom is 0.224 e.